The van der Waals surface area contributed by atoms with Gasteiger partial charge in [0, 0.05) is 36.0 Å². The van der Waals surface area contributed by atoms with Crippen molar-refractivity contribution < 1.29 is 28.9 Å². The van der Waals surface area contributed by atoms with Crippen LogP contribution in [0.4, 0.5) is 0 Å². The maximum absolute atomic E-state index is 13.8. The Bertz CT molecular complexity index is 1110. The van der Waals surface area contributed by atoms with Gasteiger partial charge in [-0.1, -0.05) is 35.0 Å². The van der Waals surface area contributed by atoms with E-state index in [0.717, 1.165) is 16.5 Å². The second-order valence-corrected chi connectivity index (χ2v) is 11.1. The molecule has 0 bridgehead atoms. The number of nitrogens with one attached hydrogen (secondary N) is 1. The standard InChI is InChI=1S/C29H37BrN2O6/c1-5-17-31-27(35)29(16-15-24(34)38-28(2,3)4)25(20-7-11-22(30)12-8-20)37-26(32-29)21-9-13-23(14-10-21)36-19-6-18-33/h7-14,25,33H,5-6,15-19H2,1-4H3,(H,31,35)/t25-,29-/m1/s1. The molecule has 0 saturated carbocycles. The zero-order valence-corrected chi connectivity index (χ0v) is 24.0. The van der Waals surface area contributed by atoms with Gasteiger partial charge in [0.1, 0.15) is 11.4 Å². The Morgan fingerprint density at radius 2 is 1.82 bits per heavy atom. The first kappa shape index (κ1) is 29.6. The van der Waals surface area contributed by atoms with Crippen molar-refractivity contribution in [3.05, 3.63) is 64.1 Å². The van der Waals surface area contributed by atoms with Gasteiger partial charge in [0.25, 0.3) is 5.91 Å². The molecule has 0 aromatic heterocycles. The first-order valence-corrected chi connectivity index (χ1v) is 13.7. The monoisotopic (exact) mass is 588 g/mol. The van der Waals surface area contributed by atoms with Crippen LogP contribution in [0, 0.1) is 0 Å². The second-order valence-electron chi connectivity index (χ2n) is 10.2. The van der Waals surface area contributed by atoms with Crippen LogP contribution in [-0.2, 0) is 19.1 Å². The number of aliphatic imine (C=N–C) groups is 1. The number of carbonyl (C=O) groups excluding carboxylic acids is 2. The quantitative estimate of drug-likeness (QED) is 0.263. The average Bonchev–Trinajstić information content (AvgIpc) is 3.27. The lowest BCUT2D eigenvalue weighted by atomic mass is 9.83. The van der Waals surface area contributed by atoms with E-state index in [1.165, 1.54) is 0 Å². The van der Waals surface area contributed by atoms with Crippen LogP contribution < -0.4 is 10.1 Å². The molecule has 1 amide bonds. The normalized spacial score (nSPS) is 18.9. The number of benzene rings is 2. The molecule has 2 aromatic rings. The maximum Gasteiger partial charge on any atom is 0.306 e. The molecule has 0 radical (unpaired) electrons. The SMILES string of the molecule is CCCNC(=O)[C@]1(CCC(=O)OC(C)(C)C)N=C(c2ccc(OCCCO)cc2)O[C@@H]1c1ccc(Br)cc1. The molecule has 2 atom stereocenters. The highest BCUT2D eigenvalue weighted by molar-refractivity contribution is 9.10. The van der Waals surface area contributed by atoms with Crippen molar-refractivity contribution in [2.45, 2.75) is 70.6 Å². The average molecular weight is 590 g/mol. The number of ether oxygens (including phenoxy) is 3. The van der Waals surface area contributed by atoms with E-state index < -0.39 is 23.2 Å². The van der Waals surface area contributed by atoms with Crippen molar-refractivity contribution in [2.24, 2.45) is 4.99 Å². The number of amides is 1. The van der Waals surface area contributed by atoms with Gasteiger partial charge < -0.3 is 24.6 Å². The molecule has 9 heteroatoms. The molecule has 0 aliphatic carbocycles. The van der Waals surface area contributed by atoms with Gasteiger partial charge in [-0.05, 0) is 75.6 Å². The van der Waals surface area contributed by atoms with Crippen molar-refractivity contribution in [2.75, 3.05) is 19.8 Å². The molecule has 0 saturated heterocycles. The van der Waals surface area contributed by atoms with Crippen LogP contribution in [0.15, 0.2) is 58.0 Å². The van der Waals surface area contributed by atoms with E-state index in [4.69, 9.17) is 24.3 Å². The van der Waals surface area contributed by atoms with Crippen LogP contribution in [0.5, 0.6) is 5.75 Å². The molecule has 2 aromatic carbocycles. The Kier molecular flexibility index (Phi) is 10.3. The highest BCUT2D eigenvalue weighted by atomic mass is 79.9. The van der Waals surface area contributed by atoms with Crippen LogP contribution in [0.1, 0.15) is 70.6 Å². The summed E-state index contributed by atoms with van der Waals surface area (Å²) in [5.41, 5.74) is -0.553. The molecule has 0 unspecified atom stereocenters. The Morgan fingerprint density at radius 1 is 1.13 bits per heavy atom. The molecule has 206 valence electrons. The molecule has 3 rings (SSSR count). The summed E-state index contributed by atoms with van der Waals surface area (Å²) in [5, 5.41) is 12.0. The molecular weight excluding hydrogens is 552 g/mol. The van der Waals surface area contributed by atoms with E-state index in [0.29, 0.717) is 36.8 Å². The number of halogens is 1. The summed E-state index contributed by atoms with van der Waals surface area (Å²) in [4.78, 5) is 31.3. The third-order valence-electron chi connectivity index (χ3n) is 5.87. The second kappa shape index (κ2) is 13.2. The number of esters is 1. The minimum atomic E-state index is -1.37. The summed E-state index contributed by atoms with van der Waals surface area (Å²) in [7, 11) is 0. The number of aliphatic hydroxyl groups is 1. The molecule has 1 aliphatic rings. The summed E-state index contributed by atoms with van der Waals surface area (Å²) in [6, 6.07) is 14.8. The molecular formula is C29H37BrN2O6. The smallest absolute Gasteiger partial charge is 0.306 e. The number of hydrogen-bond acceptors (Lipinski definition) is 7. The van der Waals surface area contributed by atoms with Gasteiger partial charge in [0.05, 0.1) is 6.61 Å². The lowest BCUT2D eigenvalue weighted by molar-refractivity contribution is -0.155. The van der Waals surface area contributed by atoms with Gasteiger partial charge in [-0.25, -0.2) is 4.99 Å². The molecule has 2 N–H and O–H groups in total. The zero-order valence-electron chi connectivity index (χ0n) is 22.5. The van der Waals surface area contributed by atoms with Crippen molar-refractivity contribution in [3.8, 4) is 5.75 Å². The van der Waals surface area contributed by atoms with Crippen molar-refractivity contribution in [1.29, 1.82) is 0 Å². The summed E-state index contributed by atoms with van der Waals surface area (Å²) in [6.45, 7) is 8.35. The van der Waals surface area contributed by atoms with Crippen LogP contribution in [0.3, 0.4) is 0 Å². The summed E-state index contributed by atoms with van der Waals surface area (Å²) in [6.07, 6.45) is 0.669. The molecule has 0 spiro atoms. The number of carbonyl (C=O) groups is 2. The lowest BCUT2D eigenvalue weighted by Crippen LogP contribution is -2.49. The first-order valence-electron chi connectivity index (χ1n) is 12.9. The van der Waals surface area contributed by atoms with Crippen molar-refractivity contribution >= 4 is 33.7 Å². The van der Waals surface area contributed by atoms with E-state index in [2.05, 4.69) is 21.2 Å². The fourth-order valence-electron chi connectivity index (χ4n) is 4.08. The molecule has 38 heavy (non-hydrogen) atoms. The molecule has 1 aliphatic heterocycles. The van der Waals surface area contributed by atoms with Gasteiger partial charge >= 0.3 is 5.97 Å². The number of nitrogens with zero attached hydrogens (tertiary/aromatic N) is 1. The fraction of sp³-hybridized carbons (Fsp3) is 0.483. The van der Waals surface area contributed by atoms with Crippen LogP contribution in [0.25, 0.3) is 0 Å². The van der Waals surface area contributed by atoms with Crippen LogP contribution >= 0.6 is 15.9 Å². The van der Waals surface area contributed by atoms with E-state index in [1.807, 2.05) is 64.1 Å². The number of rotatable bonds is 12. The molecule has 0 fully saturated rings. The van der Waals surface area contributed by atoms with E-state index in [9.17, 15) is 9.59 Å². The minimum absolute atomic E-state index is 0.00161. The molecule has 1 heterocycles. The van der Waals surface area contributed by atoms with Gasteiger partial charge in [-0.15, -0.1) is 0 Å². The topological polar surface area (TPSA) is 106 Å². The van der Waals surface area contributed by atoms with Gasteiger partial charge in [0.2, 0.25) is 5.90 Å². The first-order chi connectivity index (χ1) is 18.1. The predicted molar refractivity (Wildman–Crippen MR) is 149 cm³/mol. The number of aliphatic hydroxyl groups excluding tert-OH is 1. The fourth-order valence-corrected chi connectivity index (χ4v) is 4.35. The van der Waals surface area contributed by atoms with E-state index >= 15 is 0 Å². The van der Waals surface area contributed by atoms with E-state index in [-0.39, 0.29) is 25.4 Å². The third-order valence-corrected chi connectivity index (χ3v) is 6.40. The largest absolute Gasteiger partial charge is 0.494 e. The van der Waals surface area contributed by atoms with Gasteiger partial charge in [0.15, 0.2) is 11.6 Å². The Balaban J connectivity index is 1.99. The Labute approximate surface area is 232 Å². The van der Waals surface area contributed by atoms with Crippen molar-refractivity contribution in [3.63, 3.8) is 0 Å². The molecule has 8 nitrogen and oxygen atoms in total. The summed E-state index contributed by atoms with van der Waals surface area (Å²) in [5.74, 6) is 0.273. The van der Waals surface area contributed by atoms with Crippen molar-refractivity contribution in [1.82, 2.24) is 5.32 Å². The van der Waals surface area contributed by atoms with E-state index in [1.54, 1.807) is 12.1 Å². The third kappa shape index (κ3) is 7.80. The lowest BCUT2D eigenvalue weighted by Gasteiger charge is -2.31. The maximum atomic E-state index is 13.8. The Hall–Kier alpha value is -2.91. The summed E-state index contributed by atoms with van der Waals surface area (Å²) >= 11 is 3.47. The van der Waals surface area contributed by atoms with Gasteiger partial charge in [-0.2, -0.15) is 0 Å². The summed E-state index contributed by atoms with van der Waals surface area (Å²) < 4.78 is 18.5. The van der Waals surface area contributed by atoms with Gasteiger partial charge in [-0.3, -0.25) is 9.59 Å². The van der Waals surface area contributed by atoms with Crippen LogP contribution in [-0.4, -0.2) is 53.8 Å². The minimum Gasteiger partial charge on any atom is -0.494 e. The Morgan fingerprint density at radius 3 is 2.42 bits per heavy atom. The highest BCUT2D eigenvalue weighted by Crippen LogP contribution is 2.43. The highest BCUT2D eigenvalue weighted by Gasteiger charge is 2.53. The predicted octanol–water partition coefficient (Wildman–Crippen LogP) is 5.12. The zero-order chi connectivity index (χ0) is 27.8. The van der Waals surface area contributed by atoms with Crippen LogP contribution in [0.2, 0.25) is 0 Å². The number of hydrogen-bond donors (Lipinski definition) is 2.